The van der Waals surface area contributed by atoms with E-state index in [1.54, 1.807) is 6.92 Å². The lowest BCUT2D eigenvalue weighted by Crippen LogP contribution is -2.33. The maximum absolute atomic E-state index is 11.7. The van der Waals surface area contributed by atoms with Gasteiger partial charge in [-0.3, -0.25) is 4.79 Å². The number of carbonyl (C=O) groups excluding carboxylic acids is 2. The fraction of sp³-hybridized carbons (Fsp3) is 0.833. The quantitative estimate of drug-likeness (QED) is 0.714. The van der Waals surface area contributed by atoms with Crippen LogP contribution in [0.5, 0.6) is 0 Å². The van der Waals surface area contributed by atoms with Gasteiger partial charge >= 0.3 is 0 Å². The maximum Gasteiger partial charge on any atom is 0.222 e. The number of rotatable bonds is 4. The van der Waals surface area contributed by atoms with Crippen LogP contribution in [-0.4, -0.2) is 29.7 Å². The number of carbonyl (C=O) groups is 2. The van der Waals surface area contributed by atoms with Crippen LogP contribution in [0.4, 0.5) is 0 Å². The van der Waals surface area contributed by atoms with Gasteiger partial charge in [-0.15, -0.1) is 0 Å². The van der Waals surface area contributed by atoms with Crippen LogP contribution in [-0.2, 0) is 9.59 Å². The number of nitrogens with zero attached hydrogens (tertiary/aromatic N) is 1. The zero-order chi connectivity index (χ0) is 11.1. The molecule has 86 valence electrons. The van der Waals surface area contributed by atoms with E-state index in [0.29, 0.717) is 12.8 Å². The highest BCUT2D eigenvalue weighted by Gasteiger charge is 2.14. The highest BCUT2D eigenvalue weighted by atomic mass is 16.2. The molecule has 0 N–H and O–H groups in total. The zero-order valence-electron chi connectivity index (χ0n) is 9.63. The summed E-state index contributed by atoms with van der Waals surface area (Å²) in [4.78, 5) is 24.4. The van der Waals surface area contributed by atoms with Gasteiger partial charge in [-0.2, -0.15) is 0 Å². The molecule has 1 fully saturated rings. The molecule has 3 nitrogen and oxygen atoms in total. The van der Waals surface area contributed by atoms with E-state index in [1.165, 1.54) is 12.8 Å². The SMILES string of the molecule is CC(=O)CCCN1CCCCCCC1=O. The Morgan fingerprint density at radius 1 is 1.27 bits per heavy atom. The molecule has 15 heavy (non-hydrogen) atoms. The van der Waals surface area contributed by atoms with Gasteiger partial charge in [0.25, 0.3) is 0 Å². The Morgan fingerprint density at radius 3 is 2.73 bits per heavy atom. The van der Waals surface area contributed by atoms with Crippen molar-refractivity contribution < 1.29 is 9.59 Å². The smallest absolute Gasteiger partial charge is 0.222 e. The van der Waals surface area contributed by atoms with Crippen LogP contribution in [0.25, 0.3) is 0 Å². The molecule has 3 heteroatoms. The van der Waals surface area contributed by atoms with E-state index in [9.17, 15) is 9.59 Å². The number of amides is 1. The second-order valence-electron chi connectivity index (χ2n) is 4.35. The minimum atomic E-state index is 0.217. The first-order valence-corrected chi connectivity index (χ1v) is 5.97. The van der Waals surface area contributed by atoms with Gasteiger partial charge in [0.05, 0.1) is 0 Å². The van der Waals surface area contributed by atoms with Crippen molar-refractivity contribution in [2.24, 2.45) is 0 Å². The molecule has 1 saturated heterocycles. The molecule has 0 saturated carbocycles. The molecule has 1 aliphatic rings. The highest BCUT2D eigenvalue weighted by Crippen LogP contribution is 2.12. The lowest BCUT2D eigenvalue weighted by molar-refractivity contribution is -0.132. The van der Waals surface area contributed by atoms with Gasteiger partial charge < -0.3 is 9.69 Å². The molecule has 0 aromatic heterocycles. The first-order valence-electron chi connectivity index (χ1n) is 5.97. The van der Waals surface area contributed by atoms with Crippen LogP contribution in [0.1, 0.15) is 51.9 Å². The molecule has 0 radical (unpaired) electrons. The third-order valence-electron chi connectivity index (χ3n) is 2.88. The topological polar surface area (TPSA) is 37.4 Å². The molecule has 0 bridgehead atoms. The molecule has 1 rings (SSSR count). The predicted molar refractivity (Wildman–Crippen MR) is 59.6 cm³/mol. The first-order chi connectivity index (χ1) is 7.20. The predicted octanol–water partition coefficient (Wildman–Crippen LogP) is 2.15. The van der Waals surface area contributed by atoms with E-state index in [1.807, 2.05) is 4.90 Å². The third kappa shape index (κ3) is 4.96. The summed E-state index contributed by atoms with van der Waals surface area (Å²) >= 11 is 0. The van der Waals surface area contributed by atoms with Crippen LogP contribution in [0, 0.1) is 0 Å². The number of likely N-dealkylation sites (tertiary alicyclic amines) is 1. The van der Waals surface area contributed by atoms with Gasteiger partial charge in [-0.1, -0.05) is 12.8 Å². The minimum Gasteiger partial charge on any atom is -0.343 e. The maximum atomic E-state index is 11.7. The van der Waals surface area contributed by atoms with E-state index < -0.39 is 0 Å². The number of Topliss-reactive ketones (excluding diaryl/α,β-unsaturated/α-hetero) is 1. The normalized spacial score (nSPS) is 18.5. The Bertz CT molecular complexity index is 226. The Balaban J connectivity index is 2.29. The van der Waals surface area contributed by atoms with Crippen molar-refractivity contribution in [1.29, 1.82) is 0 Å². The highest BCUT2D eigenvalue weighted by molar-refractivity contribution is 5.77. The second kappa shape index (κ2) is 6.59. The average molecular weight is 211 g/mol. The lowest BCUT2D eigenvalue weighted by Gasteiger charge is -2.24. The number of ketones is 1. The van der Waals surface area contributed by atoms with Crippen molar-refractivity contribution in [2.75, 3.05) is 13.1 Å². The van der Waals surface area contributed by atoms with Gasteiger partial charge in [-0.05, 0) is 26.2 Å². The Labute approximate surface area is 91.8 Å². The van der Waals surface area contributed by atoms with Crippen molar-refractivity contribution in [3.8, 4) is 0 Å². The molecule has 0 spiro atoms. The number of hydrogen-bond acceptors (Lipinski definition) is 2. The molecule has 0 aromatic rings. The summed E-state index contributed by atoms with van der Waals surface area (Å²) in [6.07, 6.45) is 6.68. The molecule has 0 aromatic carbocycles. The summed E-state index contributed by atoms with van der Waals surface area (Å²) in [5.74, 6) is 0.493. The van der Waals surface area contributed by atoms with E-state index in [-0.39, 0.29) is 11.7 Å². The summed E-state index contributed by atoms with van der Waals surface area (Å²) in [6, 6.07) is 0. The van der Waals surface area contributed by atoms with Crippen LogP contribution < -0.4 is 0 Å². The second-order valence-corrected chi connectivity index (χ2v) is 4.35. The van der Waals surface area contributed by atoms with E-state index in [0.717, 1.165) is 32.4 Å². The van der Waals surface area contributed by atoms with Crippen LogP contribution in [0.3, 0.4) is 0 Å². The van der Waals surface area contributed by atoms with Crippen LogP contribution >= 0.6 is 0 Å². The fourth-order valence-corrected chi connectivity index (χ4v) is 1.97. The Morgan fingerprint density at radius 2 is 2.00 bits per heavy atom. The third-order valence-corrected chi connectivity index (χ3v) is 2.88. The van der Waals surface area contributed by atoms with E-state index >= 15 is 0 Å². The number of hydrogen-bond donors (Lipinski definition) is 0. The lowest BCUT2D eigenvalue weighted by atomic mass is 10.1. The Kier molecular flexibility index (Phi) is 5.37. The largest absolute Gasteiger partial charge is 0.343 e. The molecule has 0 atom stereocenters. The Hall–Kier alpha value is -0.860. The van der Waals surface area contributed by atoms with Crippen molar-refractivity contribution in [3.05, 3.63) is 0 Å². The molecular formula is C12H21NO2. The van der Waals surface area contributed by atoms with Gasteiger partial charge in [0.1, 0.15) is 5.78 Å². The zero-order valence-corrected chi connectivity index (χ0v) is 9.63. The van der Waals surface area contributed by atoms with Crippen molar-refractivity contribution in [1.82, 2.24) is 4.90 Å². The van der Waals surface area contributed by atoms with Gasteiger partial charge in [0.15, 0.2) is 0 Å². The summed E-state index contributed by atoms with van der Waals surface area (Å²) in [7, 11) is 0. The summed E-state index contributed by atoms with van der Waals surface area (Å²) in [5.41, 5.74) is 0. The molecule has 0 unspecified atom stereocenters. The summed E-state index contributed by atoms with van der Waals surface area (Å²) in [5, 5.41) is 0. The van der Waals surface area contributed by atoms with Crippen LogP contribution in [0.2, 0.25) is 0 Å². The molecule has 1 amide bonds. The van der Waals surface area contributed by atoms with Crippen molar-refractivity contribution in [3.63, 3.8) is 0 Å². The fourth-order valence-electron chi connectivity index (χ4n) is 1.97. The molecule has 0 aliphatic carbocycles. The van der Waals surface area contributed by atoms with E-state index in [4.69, 9.17) is 0 Å². The van der Waals surface area contributed by atoms with Crippen molar-refractivity contribution >= 4 is 11.7 Å². The average Bonchev–Trinajstić information content (AvgIpc) is 2.16. The molecule has 1 heterocycles. The molecule has 1 aliphatic heterocycles. The monoisotopic (exact) mass is 211 g/mol. The first kappa shape index (κ1) is 12.2. The minimum absolute atomic E-state index is 0.217. The summed E-state index contributed by atoms with van der Waals surface area (Å²) in [6.45, 7) is 3.25. The van der Waals surface area contributed by atoms with Gasteiger partial charge in [-0.25, -0.2) is 0 Å². The van der Waals surface area contributed by atoms with Gasteiger partial charge in [0, 0.05) is 25.9 Å². The molecular weight excluding hydrogens is 190 g/mol. The van der Waals surface area contributed by atoms with Crippen LogP contribution in [0.15, 0.2) is 0 Å². The van der Waals surface area contributed by atoms with E-state index in [2.05, 4.69) is 0 Å². The van der Waals surface area contributed by atoms with Gasteiger partial charge in [0.2, 0.25) is 5.91 Å². The van der Waals surface area contributed by atoms with Crippen molar-refractivity contribution in [2.45, 2.75) is 51.9 Å². The summed E-state index contributed by atoms with van der Waals surface area (Å²) < 4.78 is 0. The standard InChI is InChI=1S/C12H21NO2/c1-11(14)7-6-10-13-9-5-3-2-4-8-12(13)15/h2-10H2,1H3.